The number of benzene rings is 3. The number of nitrogens with one attached hydrogen (secondary N) is 1. The van der Waals surface area contributed by atoms with Crippen LogP contribution in [0, 0.1) is 11.3 Å². The largest absolute Gasteiger partial charge is 0.497 e. The summed E-state index contributed by atoms with van der Waals surface area (Å²) in [6.07, 6.45) is 0.631. The van der Waals surface area contributed by atoms with Gasteiger partial charge < -0.3 is 10.1 Å². The normalized spacial score (nSPS) is 15.2. The number of anilines is 1. The minimum absolute atomic E-state index is 0.0765. The highest BCUT2D eigenvalue weighted by Crippen LogP contribution is 2.33. The fourth-order valence-corrected chi connectivity index (χ4v) is 3.59. The molecule has 0 saturated heterocycles. The molecule has 0 bridgehead atoms. The third-order valence-electron chi connectivity index (χ3n) is 5.21. The van der Waals surface area contributed by atoms with E-state index < -0.39 is 0 Å². The summed E-state index contributed by atoms with van der Waals surface area (Å²) in [5.41, 5.74) is 4.14. The van der Waals surface area contributed by atoms with Crippen molar-refractivity contribution in [1.29, 1.82) is 5.26 Å². The highest BCUT2D eigenvalue weighted by molar-refractivity contribution is 6.03. The minimum atomic E-state index is -0.194. The summed E-state index contributed by atoms with van der Waals surface area (Å²) in [6.45, 7) is 0.0765. The molecule has 4 rings (SSSR count). The predicted octanol–water partition coefficient (Wildman–Crippen LogP) is 4.36. The van der Waals surface area contributed by atoms with E-state index in [1.165, 1.54) is 0 Å². The third-order valence-corrected chi connectivity index (χ3v) is 5.21. The molecule has 0 spiro atoms. The molecular formula is C25H22N4O2. The van der Waals surface area contributed by atoms with Gasteiger partial charge in [0.2, 0.25) is 0 Å². The number of carbonyl (C=O) groups excluding carboxylic acids is 1. The molecule has 1 N–H and O–H groups in total. The molecule has 0 fully saturated rings. The number of ether oxygens (including phenoxy) is 1. The van der Waals surface area contributed by atoms with E-state index in [0.29, 0.717) is 12.0 Å². The molecule has 0 aliphatic carbocycles. The molecule has 1 atom stereocenters. The smallest absolute Gasteiger partial charge is 0.262 e. The van der Waals surface area contributed by atoms with E-state index in [-0.39, 0.29) is 18.5 Å². The van der Waals surface area contributed by atoms with Crippen LogP contribution in [-0.2, 0) is 4.79 Å². The summed E-state index contributed by atoms with van der Waals surface area (Å²) in [7, 11) is 1.63. The van der Waals surface area contributed by atoms with Crippen LogP contribution < -0.4 is 10.1 Å². The molecule has 6 nitrogen and oxygen atoms in total. The lowest BCUT2D eigenvalue weighted by Gasteiger charge is -2.22. The van der Waals surface area contributed by atoms with Crippen molar-refractivity contribution in [3.63, 3.8) is 0 Å². The van der Waals surface area contributed by atoms with E-state index in [9.17, 15) is 4.79 Å². The quantitative estimate of drug-likeness (QED) is 0.655. The maximum atomic E-state index is 13.1. The zero-order valence-corrected chi connectivity index (χ0v) is 17.2. The molecule has 1 heterocycles. The Morgan fingerprint density at radius 2 is 1.90 bits per heavy atom. The van der Waals surface area contributed by atoms with Crippen LogP contribution in [0.25, 0.3) is 0 Å². The van der Waals surface area contributed by atoms with E-state index >= 15 is 0 Å². The van der Waals surface area contributed by atoms with Crippen LogP contribution in [0.15, 0.2) is 84.0 Å². The lowest BCUT2D eigenvalue weighted by molar-refractivity contribution is -0.131. The average Bonchev–Trinajstić information content (AvgIpc) is 3.29. The lowest BCUT2D eigenvalue weighted by Crippen LogP contribution is -2.32. The molecule has 6 heteroatoms. The first kappa shape index (κ1) is 20.2. The van der Waals surface area contributed by atoms with Gasteiger partial charge in [0.05, 0.1) is 37.0 Å². The van der Waals surface area contributed by atoms with Crippen molar-refractivity contribution in [2.24, 2.45) is 5.10 Å². The molecular weight excluding hydrogens is 388 g/mol. The van der Waals surface area contributed by atoms with Crippen molar-refractivity contribution in [2.45, 2.75) is 12.5 Å². The van der Waals surface area contributed by atoms with Crippen molar-refractivity contribution in [2.75, 3.05) is 19.0 Å². The Balaban J connectivity index is 1.57. The van der Waals surface area contributed by atoms with Crippen LogP contribution in [0.2, 0.25) is 0 Å². The fraction of sp³-hybridized carbons (Fsp3) is 0.160. The van der Waals surface area contributed by atoms with Crippen molar-refractivity contribution in [3.05, 3.63) is 95.6 Å². The van der Waals surface area contributed by atoms with Gasteiger partial charge in [0.25, 0.3) is 5.91 Å². The van der Waals surface area contributed by atoms with Crippen molar-refractivity contribution in [1.82, 2.24) is 5.01 Å². The second-order valence-electron chi connectivity index (χ2n) is 7.19. The van der Waals surface area contributed by atoms with Gasteiger partial charge in [0.15, 0.2) is 0 Å². The number of hydrogen-bond acceptors (Lipinski definition) is 5. The topological polar surface area (TPSA) is 77.7 Å². The summed E-state index contributed by atoms with van der Waals surface area (Å²) in [5.74, 6) is 0.622. The second kappa shape index (κ2) is 9.14. The highest BCUT2D eigenvalue weighted by Gasteiger charge is 2.32. The predicted molar refractivity (Wildman–Crippen MR) is 120 cm³/mol. The zero-order valence-electron chi connectivity index (χ0n) is 17.2. The van der Waals surface area contributed by atoms with Gasteiger partial charge in [-0.2, -0.15) is 10.4 Å². The van der Waals surface area contributed by atoms with E-state index in [4.69, 9.17) is 10.00 Å². The van der Waals surface area contributed by atoms with Crippen molar-refractivity contribution < 1.29 is 9.53 Å². The van der Waals surface area contributed by atoms with Gasteiger partial charge in [-0.1, -0.05) is 48.5 Å². The van der Waals surface area contributed by atoms with Gasteiger partial charge in [0, 0.05) is 12.1 Å². The molecule has 1 amide bonds. The Morgan fingerprint density at radius 3 is 2.61 bits per heavy atom. The fourth-order valence-electron chi connectivity index (χ4n) is 3.59. The molecule has 154 valence electrons. The number of nitriles is 1. The number of nitrogens with zero attached hydrogens (tertiary/aromatic N) is 3. The van der Waals surface area contributed by atoms with Gasteiger partial charge in [-0.3, -0.25) is 4.79 Å². The first-order valence-electron chi connectivity index (χ1n) is 10.0. The zero-order chi connectivity index (χ0) is 21.6. The highest BCUT2D eigenvalue weighted by atomic mass is 16.5. The number of hydrazone groups is 1. The molecule has 3 aromatic carbocycles. The molecule has 3 aromatic rings. The summed E-state index contributed by atoms with van der Waals surface area (Å²) < 4.78 is 5.26. The monoisotopic (exact) mass is 410 g/mol. The van der Waals surface area contributed by atoms with Crippen molar-refractivity contribution in [3.8, 4) is 11.8 Å². The maximum Gasteiger partial charge on any atom is 0.262 e. The minimum Gasteiger partial charge on any atom is -0.497 e. The van der Waals surface area contributed by atoms with Crippen LogP contribution >= 0.6 is 0 Å². The van der Waals surface area contributed by atoms with Gasteiger partial charge in [-0.05, 0) is 41.5 Å². The third kappa shape index (κ3) is 4.57. The van der Waals surface area contributed by atoms with E-state index in [1.807, 2.05) is 60.7 Å². The van der Waals surface area contributed by atoms with Crippen LogP contribution in [-0.4, -0.2) is 30.3 Å². The number of rotatable bonds is 6. The molecule has 0 saturated carbocycles. The summed E-state index contributed by atoms with van der Waals surface area (Å²) >= 11 is 0. The summed E-state index contributed by atoms with van der Waals surface area (Å²) in [5, 5.41) is 18.4. The standard InChI is InChI=1S/C25H22N4O2/c1-31-22-12-10-20(11-13-22)24-15-23(19-7-3-2-4-8-19)28-29(24)25(30)17-27-21-9-5-6-18(14-21)16-26/h2-14,24,27H,15,17H2,1H3/t24-/m1/s1. The first-order valence-corrected chi connectivity index (χ1v) is 10.0. The van der Waals surface area contributed by atoms with E-state index in [0.717, 1.165) is 28.3 Å². The molecule has 0 unspecified atom stereocenters. The van der Waals surface area contributed by atoms with Crippen LogP contribution in [0.5, 0.6) is 5.75 Å². The molecule has 0 radical (unpaired) electrons. The number of carbonyl (C=O) groups is 1. The Hall–Kier alpha value is -4.11. The van der Waals surface area contributed by atoms with Crippen LogP contribution in [0.3, 0.4) is 0 Å². The van der Waals surface area contributed by atoms with E-state index in [1.54, 1.807) is 30.3 Å². The number of amides is 1. The van der Waals surface area contributed by atoms with Crippen LogP contribution in [0.1, 0.15) is 29.2 Å². The van der Waals surface area contributed by atoms with Gasteiger partial charge >= 0.3 is 0 Å². The number of hydrogen-bond donors (Lipinski definition) is 1. The van der Waals surface area contributed by atoms with Gasteiger partial charge in [-0.25, -0.2) is 5.01 Å². The Bertz CT molecular complexity index is 1130. The van der Waals surface area contributed by atoms with Gasteiger partial charge in [0.1, 0.15) is 5.75 Å². The Morgan fingerprint density at radius 1 is 1.13 bits per heavy atom. The number of methoxy groups -OCH3 is 1. The van der Waals surface area contributed by atoms with Crippen molar-refractivity contribution >= 4 is 17.3 Å². The Kier molecular flexibility index (Phi) is 5.95. The van der Waals surface area contributed by atoms with Gasteiger partial charge in [-0.15, -0.1) is 0 Å². The Labute approximate surface area is 181 Å². The summed E-state index contributed by atoms with van der Waals surface area (Å²) in [6, 6.07) is 26.6. The molecule has 1 aliphatic rings. The average molecular weight is 410 g/mol. The van der Waals surface area contributed by atoms with E-state index in [2.05, 4.69) is 16.5 Å². The summed E-state index contributed by atoms with van der Waals surface area (Å²) in [4.78, 5) is 13.1. The molecule has 1 aliphatic heterocycles. The van der Waals surface area contributed by atoms with Crippen LogP contribution in [0.4, 0.5) is 5.69 Å². The second-order valence-corrected chi connectivity index (χ2v) is 7.19. The molecule has 0 aromatic heterocycles. The first-order chi connectivity index (χ1) is 15.2. The maximum absolute atomic E-state index is 13.1. The lowest BCUT2D eigenvalue weighted by atomic mass is 9.98. The molecule has 31 heavy (non-hydrogen) atoms. The SMILES string of the molecule is COc1ccc([C@H]2CC(c3ccccc3)=NN2C(=O)CNc2cccc(C#N)c2)cc1.